The summed E-state index contributed by atoms with van der Waals surface area (Å²) in [6, 6.07) is 8.80. The maximum absolute atomic E-state index is 12.2. The molecule has 24 heavy (non-hydrogen) atoms. The van der Waals surface area contributed by atoms with Gasteiger partial charge in [0.05, 0.1) is 17.7 Å². The molecule has 0 unspecified atom stereocenters. The molecule has 5 nitrogen and oxygen atoms in total. The summed E-state index contributed by atoms with van der Waals surface area (Å²) >= 11 is 5.62. The van der Waals surface area contributed by atoms with Crippen molar-refractivity contribution in [2.75, 3.05) is 13.1 Å². The maximum Gasteiger partial charge on any atom is 0.223 e. The summed E-state index contributed by atoms with van der Waals surface area (Å²) in [5.74, 6) is 0.446. The number of benzene rings is 1. The molecule has 1 aromatic carbocycles. The number of aromatic nitrogens is 2. The normalized spacial score (nSPS) is 19.7. The van der Waals surface area contributed by atoms with Crippen LogP contribution in [0.1, 0.15) is 25.7 Å². The molecule has 128 valence electrons. The van der Waals surface area contributed by atoms with Gasteiger partial charge < -0.3 is 14.5 Å². The number of carbonyl (C=O) groups excluding carboxylic acids is 1. The fraction of sp³-hybridized carbons (Fsp3) is 0.556. The van der Waals surface area contributed by atoms with Crippen LogP contribution in [0.5, 0.6) is 0 Å². The number of rotatable bonds is 4. The zero-order chi connectivity index (χ0) is 16.7. The lowest BCUT2D eigenvalue weighted by atomic mass is 9.96. The van der Waals surface area contributed by atoms with Crippen molar-refractivity contribution in [3.8, 4) is 0 Å². The van der Waals surface area contributed by atoms with E-state index in [4.69, 9.17) is 12.2 Å². The average Bonchev–Trinajstić information content (AvgIpc) is 3.39. The number of hydrogen-bond donors (Lipinski definition) is 1. The molecule has 6 heteroatoms. The number of amides is 1. The Morgan fingerprint density at radius 3 is 2.50 bits per heavy atom. The van der Waals surface area contributed by atoms with Gasteiger partial charge >= 0.3 is 0 Å². The smallest absolute Gasteiger partial charge is 0.223 e. The maximum atomic E-state index is 12.2. The van der Waals surface area contributed by atoms with Gasteiger partial charge in [-0.15, -0.1) is 0 Å². The highest BCUT2D eigenvalue weighted by Gasteiger charge is 2.30. The third-order valence-electron chi connectivity index (χ3n) is 5.28. The van der Waals surface area contributed by atoms with Gasteiger partial charge in [0.15, 0.2) is 4.77 Å². The number of para-hydroxylation sites is 2. The topological polar surface area (TPSA) is 42.2 Å². The predicted molar refractivity (Wildman–Crippen MR) is 97.2 cm³/mol. The molecule has 0 radical (unpaired) electrons. The number of fused-ring (bicyclic) bond motifs is 1. The van der Waals surface area contributed by atoms with Crippen LogP contribution in [-0.4, -0.2) is 39.1 Å². The highest BCUT2D eigenvalue weighted by Crippen LogP contribution is 2.24. The third-order valence-corrected chi connectivity index (χ3v) is 5.77. The number of nitrogens with zero attached hydrogens (tertiary/aromatic N) is 3. The molecule has 4 rings (SSSR count). The minimum absolute atomic E-state index is 0.183. The first kappa shape index (κ1) is 15.8. The number of hydrogen-bond acceptors (Lipinski definition) is 3. The minimum Gasteiger partial charge on any atom is -0.353 e. The standard InChI is InChI=1S/C18H24N4OS/c1-20-15-4-2-3-5-16(15)22(18(20)24)12-21-10-8-13(9-11-21)17(23)19-14-6-7-14/h2-5,13-14H,6-12H2,1H3,(H,19,23). The van der Waals surface area contributed by atoms with E-state index in [-0.39, 0.29) is 11.8 Å². The fourth-order valence-electron chi connectivity index (χ4n) is 3.58. The van der Waals surface area contributed by atoms with Crippen LogP contribution in [0.4, 0.5) is 0 Å². The van der Waals surface area contributed by atoms with E-state index in [1.165, 1.54) is 11.0 Å². The Morgan fingerprint density at radius 1 is 1.17 bits per heavy atom. The van der Waals surface area contributed by atoms with Crippen molar-refractivity contribution in [3.05, 3.63) is 29.0 Å². The van der Waals surface area contributed by atoms with Gasteiger partial charge in [0.2, 0.25) is 5.91 Å². The number of piperidine rings is 1. The van der Waals surface area contributed by atoms with Gasteiger partial charge in [-0.1, -0.05) is 12.1 Å². The van der Waals surface area contributed by atoms with Crippen molar-refractivity contribution in [3.63, 3.8) is 0 Å². The molecule has 0 atom stereocenters. The first-order valence-corrected chi connectivity index (χ1v) is 9.21. The molecule has 0 spiro atoms. The highest BCUT2D eigenvalue weighted by atomic mass is 32.1. The first-order chi connectivity index (χ1) is 11.6. The largest absolute Gasteiger partial charge is 0.353 e. The van der Waals surface area contributed by atoms with Crippen molar-refractivity contribution in [2.24, 2.45) is 13.0 Å². The summed E-state index contributed by atoms with van der Waals surface area (Å²) in [5.41, 5.74) is 2.35. The molecule has 1 aromatic heterocycles. The van der Waals surface area contributed by atoms with E-state index in [1.807, 2.05) is 13.1 Å². The van der Waals surface area contributed by atoms with Crippen LogP contribution in [0.15, 0.2) is 24.3 Å². The Hall–Kier alpha value is -1.66. The molecule has 1 saturated heterocycles. The Bertz CT molecular complexity index is 812. The van der Waals surface area contributed by atoms with Crippen molar-refractivity contribution in [1.82, 2.24) is 19.4 Å². The molecule has 1 saturated carbocycles. The molecule has 1 aliphatic carbocycles. The molecule has 2 aromatic rings. The van der Waals surface area contributed by atoms with Crippen LogP contribution in [0, 0.1) is 10.7 Å². The van der Waals surface area contributed by atoms with E-state index in [0.29, 0.717) is 6.04 Å². The summed E-state index contributed by atoms with van der Waals surface area (Å²) in [6.07, 6.45) is 4.20. The fourth-order valence-corrected chi connectivity index (χ4v) is 3.84. The molecular weight excluding hydrogens is 320 g/mol. The quantitative estimate of drug-likeness (QED) is 0.867. The molecule has 1 amide bonds. The number of imidazole rings is 1. The van der Waals surface area contributed by atoms with Gasteiger partial charge in [0.25, 0.3) is 0 Å². The summed E-state index contributed by atoms with van der Waals surface area (Å²) in [4.78, 5) is 14.6. The van der Waals surface area contributed by atoms with E-state index in [2.05, 4.69) is 37.5 Å². The number of nitrogens with one attached hydrogen (secondary N) is 1. The second-order valence-electron chi connectivity index (χ2n) is 7.07. The van der Waals surface area contributed by atoms with E-state index in [0.717, 1.165) is 50.2 Å². The zero-order valence-corrected chi connectivity index (χ0v) is 14.9. The Kier molecular flexibility index (Phi) is 4.18. The van der Waals surface area contributed by atoms with Crippen molar-refractivity contribution in [2.45, 2.75) is 38.4 Å². The Balaban J connectivity index is 1.43. The summed E-state index contributed by atoms with van der Waals surface area (Å²) < 4.78 is 5.13. The van der Waals surface area contributed by atoms with Crippen LogP contribution in [0.2, 0.25) is 0 Å². The number of likely N-dealkylation sites (tertiary alicyclic amines) is 1. The third kappa shape index (κ3) is 3.00. The molecular formula is C18H24N4OS. The van der Waals surface area contributed by atoms with E-state index < -0.39 is 0 Å². The van der Waals surface area contributed by atoms with Gasteiger partial charge in [-0.2, -0.15) is 0 Å². The molecule has 2 fully saturated rings. The van der Waals surface area contributed by atoms with Gasteiger partial charge in [0.1, 0.15) is 0 Å². The van der Waals surface area contributed by atoms with Crippen molar-refractivity contribution < 1.29 is 4.79 Å². The summed E-state index contributed by atoms with van der Waals surface area (Å²) in [7, 11) is 2.02. The Labute approximate surface area is 147 Å². The molecule has 2 aliphatic rings. The minimum atomic E-state index is 0.183. The average molecular weight is 344 g/mol. The molecule has 1 N–H and O–H groups in total. The SMILES string of the molecule is Cn1c(=S)n(CN2CCC(C(=O)NC3CC3)CC2)c2ccccc21. The molecule has 2 heterocycles. The molecule has 0 bridgehead atoms. The van der Waals surface area contributed by atoms with Gasteiger partial charge in [-0.25, -0.2) is 0 Å². The lowest BCUT2D eigenvalue weighted by molar-refractivity contribution is -0.126. The van der Waals surface area contributed by atoms with Crippen LogP contribution in [-0.2, 0) is 18.5 Å². The molecule has 1 aliphatic heterocycles. The van der Waals surface area contributed by atoms with Crippen LogP contribution >= 0.6 is 12.2 Å². The monoisotopic (exact) mass is 344 g/mol. The van der Waals surface area contributed by atoms with Gasteiger partial charge in [-0.05, 0) is 50.0 Å². The highest BCUT2D eigenvalue weighted by molar-refractivity contribution is 7.71. The van der Waals surface area contributed by atoms with Crippen LogP contribution in [0.3, 0.4) is 0 Å². The second kappa shape index (κ2) is 6.33. The predicted octanol–water partition coefficient (Wildman–Crippen LogP) is 2.66. The zero-order valence-electron chi connectivity index (χ0n) is 14.1. The van der Waals surface area contributed by atoms with Gasteiger partial charge in [-0.3, -0.25) is 9.69 Å². The van der Waals surface area contributed by atoms with E-state index in [1.54, 1.807) is 0 Å². The number of aryl methyl sites for hydroxylation is 1. The summed E-state index contributed by atoms with van der Waals surface area (Å²) in [6.45, 7) is 2.71. The Morgan fingerprint density at radius 2 is 1.83 bits per heavy atom. The lowest BCUT2D eigenvalue weighted by Crippen LogP contribution is -2.41. The lowest BCUT2D eigenvalue weighted by Gasteiger charge is -2.31. The van der Waals surface area contributed by atoms with Crippen LogP contribution in [0.25, 0.3) is 11.0 Å². The number of carbonyl (C=O) groups is 1. The summed E-state index contributed by atoms with van der Waals surface area (Å²) in [5, 5.41) is 3.14. The van der Waals surface area contributed by atoms with Gasteiger partial charge in [0, 0.05) is 32.1 Å². The second-order valence-corrected chi connectivity index (χ2v) is 7.44. The van der Waals surface area contributed by atoms with Crippen molar-refractivity contribution in [1.29, 1.82) is 0 Å². The van der Waals surface area contributed by atoms with Crippen molar-refractivity contribution >= 4 is 29.2 Å². The van der Waals surface area contributed by atoms with Crippen LogP contribution < -0.4 is 5.32 Å². The van der Waals surface area contributed by atoms with E-state index >= 15 is 0 Å². The van der Waals surface area contributed by atoms with E-state index in [9.17, 15) is 4.79 Å². The first-order valence-electron chi connectivity index (χ1n) is 8.80.